The number of carboxylic acid groups (broad SMARTS) is 1. The Morgan fingerprint density at radius 2 is 1.74 bits per heavy atom. The Morgan fingerprint density at radius 1 is 1.13 bits per heavy atom. The normalized spacial score (nSPS) is 23.6. The Labute approximate surface area is 227 Å². The summed E-state index contributed by atoms with van der Waals surface area (Å²) in [5.41, 5.74) is -2.84. The second-order valence-corrected chi connectivity index (χ2v) is 13.3. The Balaban J connectivity index is 1.69. The number of ether oxygens (including phenoxy) is 1. The van der Waals surface area contributed by atoms with Gasteiger partial charge in [-0.3, -0.25) is 4.79 Å². The van der Waals surface area contributed by atoms with Crippen molar-refractivity contribution < 1.29 is 45.4 Å². The minimum Gasteiger partial charge on any atom is -0.492 e. The van der Waals surface area contributed by atoms with Crippen molar-refractivity contribution in [3.8, 4) is 5.75 Å². The first-order valence-electron chi connectivity index (χ1n) is 12.7. The zero-order valence-electron chi connectivity index (χ0n) is 22.2. The van der Waals surface area contributed by atoms with Crippen molar-refractivity contribution in [3.63, 3.8) is 0 Å². The number of hydrogen-bond donors (Lipinski definition) is 1. The van der Waals surface area contributed by atoms with Gasteiger partial charge in [0.2, 0.25) is 11.8 Å². The van der Waals surface area contributed by atoms with E-state index in [-0.39, 0.29) is 37.5 Å². The minimum absolute atomic E-state index is 0.0791. The highest BCUT2D eigenvalue weighted by molar-refractivity contribution is 7.97. The van der Waals surface area contributed by atoms with Crippen molar-refractivity contribution in [2.45, 2.75) is 94.3 Å². The number of fused-ring (bicyclic) bond motifs is 1. The van der Waals surface area contributed by atoms with Gasteiger partial charge in [0.25, 0.3) is 0 Å². The van der Waals surface area contributed by atoms with E-state index in [4.69, 9.17) is 4.74 Å². The smallest absolute Gasteiger partial charge is 0.420 e. The molecule has 2 fully saturated rings. The SMILES string of the molecule is CN1Sc2cc(OCC(C)(C)C(=O)O)c(C(F)(F)F)cc2N(C2CC3(C2)CC(F)(F)C3)CC1CCC(C)(F)F. The van der Waals surface area contributed by atoms with E-state index >= 15 is 0 Å². The number of carboxylic acids is 1. The Morgan fingerprint density at radius 3 is 2.26 bits per heavy atom. The van der Waals surface area contributed by atoms with Crippen LogP contribution < -0.4 is 9.64 Å². The molecule has 1 aliphatic heterocycles. The quantitative estimate of drug-likeness (QED) is 0.254. The monoisotopic (exact) mass is 586 g/mol. The van der Waals surface area contributed by atoms with Crippen molar-refractivity contribution in [1.29, 1.82) is 0 Å². The van der Waals surface area contributed by atoms with Gasteiger partial charge >= 0.3 is 12.1 Å². The molecule has 4 rings (SSSR count). The molecule has 1 heterocycles. The van der Waals surface area contributed by atoms with Crippen molar-refractivity contribution >= 4 is 23.6 Å². The van der Waals surface area contributed by atoms with Gasteiger partial charge in [0, 0.05) is 37.9 Å². The summed E-state index contributed by atoms with van der Waals surface area (Å²) >= 11 is 1.10. The summed E-state index contributed by atoms with van der Waals surface area (Å²) in [6, 6.07) is 1.41. The third kappa shape index (κ3) is 6.55. The largest absolute Gasteiger partial charge is 0.492 e. The Hall–Kier alpha value is -1.89. The number of benzene rings is 1. The van der Waals surface area contributed by atoms with Crippen LogP contribution in [-0.4, -0.2) is 59.5 Å². The van der Waals surface area contributed by atoms with E-state index in [0.29, 0.717) is 17.7 Å². The molecule has 0 radical (unpaired) electrons. The molecule has 39 heavy (non-hydrogen) atoms. The summed E-state index contributed by atoms with van der Waals surface area (Å²) in [6.45, 7) is 3.13. The number of rotatable bonds is 8. The van der Waals surface area contributed by atoms with Crippen LogP contribution in [0.5, 0.6) is 5.75 Å². The number of alkyl halides is 7. The van der Waals surface area contributed by atoms with Crippen molar-refractivity contribution in [2.75, 3.05) is 25.1 Å². The van der Waals surface area contributed by atoms with Crippen LogP contribution in [0, 0.1) is 10.8 Å². The third-order valence-electron chi connectivity index (χ3n) is 7.97. The van der Waals surface area contributed by atoms with E-state index in [2.05, 4.69) is 0 Å². The van der Waals surface area contributed by atoms with E-state index in [0.717, 1.165) is 24.9 Å². The summed E-state index contributed by atoms with van der Waals surface area (Å²) in [6.07, 6.45) is -4.89. The lowest BCUT2D eigenvalue weighted by Crippen LogP contribution is -2.61. The van der Waals surface area contributed by atoms with Crippen LogP contribution in [0.3, 0.4) is 0 Å². The van der Waals surface area contributed by atoms with E-state index in [1.165, 1.54) is 19.9 Å². The molecule has 0 saturated heterocycles. The first-order chi connectivity index (χ1) is 17.7. The van der Waals surface area contributed by atoms with E-state index in [9.17, 15) is 40.6 Å². The number of aliphatic carboxylic acids is 1. The van der Waals surface area contributed by atoms with Crippen LogP contribution in [0.1, 0.15) is 64.9 Å². The standard InChI is InChI=1S/C26H33F7N2O3S/c1-22(2,21(36)37)14-38-19-8-20-18(7-17(19)26(31,32)33)35(16-9-24(10-16)12-25(29,30)13-24)11-15(34(4)39-20)5-6-23(3,27)28/h7-8,15-16H,5-6,9-14H2,1-4H3,(H,36,37). The van der Waals surface area contributed by atoms with Gasteiger partial charge in [0.15, 0.2) is 0 Å². The van der Waals surface area contributed by atoms with Gasteiger partial charge < -0.3 is 14.7 Å². The molecule has 0 bridgehead atoms. The summed E-state index contributed by atoms with van der Waals surface area (Å²) in [7, 11) is 1.68. The van der Waals surface area contributed by atoms with E-state index in [1.807, 2.05) is 0 Å². The van der Waals surface area contributed by atoms with Gasteiger partial charge in [0.1, 0.15) is 12.4 Å². The Kier molecular flexibility index (Phi) is 7.62. The molecule has 3 aliphatic rings. The number of likely N-dealkylation sites (N-methyl/N-ethyl adjacent to an activating group) is 1. The van der Waals surface area contributed by atoms with Gasteiger partial charge in [0.05, 0.1) is 21.6 Å². The molecule has 220 valence electrons. The first kappa shape index (κ1) is 30.1. The van der Waals surface area contributed by atoms with Gasteiger partial charge in [-0.2, -0.15) is 13.2 Å². The summed E-state index contributed by atoms with van der Waals surface area (Å²) in [4.78, 5) is 13.6. The maximum absolute atomic E-state index is 14.2. The van der Waals surface area contributed by atoms with Crippen LogP contribution in [0.15, 0.2) is 17.0 Å². The topological polar surface area (TPSA) is 53.0 Å². The summed E-state index contributed by atoms with van der Waals surface area (Å²) in [5.74, 6) is -7.41. The number of anilines is 1. The van der Waals surface area contributed by atoms with Gasteiger partial charge in [-0.05, 0) is 76.6 Å². The average molecular weight is 587 g/mol. The van der Waals surface area contributed by atoms with Crippen LogP contribution in [0.25, 0.3) is 0 Å². The van der Waals surface area contributed by atoms with E-state index in [1.54, 1.807) is 16.3 Å². The van der Waals surface area contributed by atoms with Crippen molar-refractivity contribution in [1.82, 2.24) is 4.31 Å². The number of hydrogen-bond acceptors (Lipinski definition) is 5. The minimum atomic E-state index is -4.83. The molecule has 13 heteroatoms. The lowest BCUT2D eigenvalue weighted by atomic mass is 9.52. The molecule has 1 aromatic carbocycles. The first-order valence-corrected chi connectivity index (χ1v) is 13.5. The second-order valence-electron chi connectivity index (χ2n) is 12.1. The fraction of sp³-hybridized carbons (Fsp3) is 0.731. The highest BCUT2D eigenvalue weighted by Gasteiger charge is 2.63. The molecule has 1 aromatic rings. The zero-order valence-corrected chi connectivity index (χ0v) is 23.0. The number of carbonyl (C=O) groups is 1. The fourth-order valence-electron chi connectivity index (χ4n) is 5.71. The lowest BCUT2D eigenvalue weighted by molar-refractivity contribution is -0.195. The van der Waals surface area contributed by atoms with Crippen LogP contribution in [-0.2, 0) is 11.0 Å². The molecular weight excluding hydrogens is 553 g/mol. The zero-order chi connectivity index (χ0) is 29.2. The fourth-order valence-corrected chi connectivity index (χ4v) is 6.77. The van der Waals surface area contributed by atoms with E-state index < -0.39 is 65.2 Å². The lowest BCUT2D eigenvalue weighted by Gasteiger charge is -2.60. The molecule has 0 amide bonds. The molecule has 5 nitrogen and oxygen atoms in total. The highest BCUT2D eigenvalue weighted by Crippen LogP contribution is 2.64. The summed E-state index contributed by atoms with van der Waals surface area (Å²) in [5, 5.41) is 9.36. The summed E-state index contributed by atoms with van der Waals surface area (Å²) < 4.78 is 104. The Bertz CT molecular complexity index is 1090. The molecule has 1 atom stereocenters. The predicted molar refractivity (Wildman–Crippen MR) is 133 cm³/mol. The van der Waals surface area contributed by atoms with Crippen LogP contribution >= 0.6 is 11.9 Å². The van der Waals surface area contributed by atoms with Gasteiger partial charge in [-0.25, -0.2) is 21.9 Å². The average Bonchev–Trinajstić information content (AvgIpc) is 2.86. The van der Waals surface area contributed by atoms with Crippen molar-refractivity contribution in [2.24, 2.45) is 10.8 Å². The molecular formula is C26H33F7N2O3S. The molecule has 2 saturated carbocycles. The van der Waals surface area contributed by atoms with Crippen molar-refractivity contribution in [3.05, 3.63) is 17.7 Å². The number of nitrogens with zero attached hydrogens (tertiary/aromatic N) is 2. The van der Waals surface area contributed by atoms with Gasteiger partial charge in [-0.15, -0.1) is 0 Å². The molecule has 0 aromatic heterocycles. The van der Waals surface area contributed by atoms with Crippen LogP contribution in [0.2, 0.25) is 0 Å². The second kappa shape index (κ2) is 9.88. The maximum Gasteiger partial charge on any atom is 0.420 e. The molecule has 1 N–H and O–H groups in total. The highest BCUT2D eigenvalue weighted by atomic mass is 32.2. The van der Waals surface area contributed by atoms with Crippen LogP contribution in [0.4, 0.5) is 36.4 Å². The molecule has 1 unspecified atom stereocenters. The molecule has 2 aliphatic carbocycles. The maximum atomic E-state index is 14.2. The number of halogens is 7. The van der Waals surface area contributed by atoms with Gasteiger partial charge in [-0.1, -0.05) is 0 Å². The predicted octanol–water partition coefficient (Wildman–Crippen LogP) is 7.34. The molecule has 1 spiro atoms. The third-order valence-corrected chi connectivity index (χ3v) is 9.08.